The second kappa shape index (κ2) is 8.76. The highest BCUT2D eigenvalue weighted by molar-refractivity contribution is 5.90. The number of aliphatic hydroxyl groups excluding tert-OH is 1. The van der Waals surface area contributed by atoms with Gasteiger partial charge < -0.3 is 20.1 Å². The molecule has 0 aliphatic rings. The Labute approximate surface area is 133 Å². The molecule has 124 valence electrons. The Bertz CT molecular complexity index is 487. The number of hydrogen-bond donors (Lipinski definition) is 2. The molecule has 1 aromatic carbocycles. The Kier molecular flexibility index (Phi) is 7.35. The third kappa shape index (κ3) is 6.03. The van der Waals surface area contributed by atoms with Gasteiger partial charge in [0.05, 0.1) is 18.8 Å². The van der Waals surface area contributed by atoms with Gasteiger partial charge in [0.25, 0.3) is 0 Å². The van der Waals surface area contributed by atoms with Crippen molar-refractivity contribution in [2.24, 2.45) is 0 Å². The number of nitrogens with zero attached hydrogens (tertiary/aromatic N) is 1. The SMILES string of the molecule is Cc1c(COC(C)C)cccc1NC(=O)N(C)CCC(C)O. The first-order valence-electron chi connectivity index (χ1n) is 7.71. The summed E-state index contributed by atoms with van der Waals surface area (Å²) < 4.78 is 5.63. The van der Waals surface area contributed by atoms with Gasteiger partial charge in [-0.25, -0.2) is 4.79 Å². The van der Waals surface area contributed by atoms with E-state index in [0.717, 1.165) is 16.8 Å². The summed E-state index contributed by atoms with van der Waals surface area (Å²) >= 11 is 0. The lowest BCUT2D eigenvalue weighted by Crippen LogP contribution is -2.33. The summed E-state index contributed by atoms with van der Waals surface area (Å²) in [6.45, 7) is 8.73. The molecule has 0 aromatic heterocycles. The number of rotatable bonds is 7. The molecule has 0 aliphatic carbocycles. The van der Waals surface area contributed by atoms with Crippen LogP contribution in [0.25, 0.3) is 0 Å². The van der Waals surface area contributed by atoms with E-state index in [1.807, 2.05) is 39.0 Å². The van der Waals surface area contributed by atoms with Crippen molar-refractivity contribution in [3.8, 4) is 0 Å². The first-order chi connectivity index (χ1) is 10.3. The van der Waals surface area contributed by atoms with Gasteiger partial charge in [-0.2, -0.15) is 0 Å². The zero-order valence-electron chi connectivity index (χ0n) is 14.2. The maximum absolute atomic E-state index is 12.2. The fourth-order valence-electron chi connectivity index (χ4n) is 1.92. The highest BCUT2D eigenvalue weighted by Crippen LogP contribution is 2.20. The monoisotopic (exact) mass is 308 g/mol. The zero-order chi connectivity index (χ0) is 16.7. The van der Waals surface area contributed by atoms with Crippen molar-refractivity contribution in [3.05, 3.63) is 29.3 Å². The summed E-state index contributed by atoms with van der Waals surface area (Å²) in [4.78, 5) is 13.7. The molecular weight excluding hydrogens is 280 g/mol. The van der Waals surface area contributed by atoms with Crippen LogP contribution >= 0.6 is 0 Å². The molecule has 22 heavy (non-hydrogen) atoms. The van der Waals surface area contributed by atoms with Crippen LogP contribution in [0.3, 0.4) is 0 Å². The predicted octanol–water partition coefficient (Wildman–Crippen LogP) is 3.15. The number of carbonyl (C=O) groups is 1. The van der Waals surface area contributed by atoms with Gasteiger partial charge in [-0.05, 0) is 51.3 Å². The third-order valence-electron chi connectivity index (χ3n) is 3.49. The molecule has 2 amide bonds. The van der Waals surface area contributed by atoms with Crippen molar-refractivity contribution in [1.29, 1.82) is 0 Å². The Balaban J connectivity index is 2.68. The molecule has 1 atom stereocenters. The number of carbonyl (C=O) groups excluding carboxylic acids is 1. The lowest BCUT2D eigenvalue weighted by molar-refractivity contribution is 0.0654. The number of nitrogens with one attached hydrogen (secondary N) is 1. The van der Waals surface area contributed by atoms with E-state index >= 15 is 0 Å². The lowest BCUT2D eigenvalue weighted by atomic mass is 10.1. The summed E-state index contributed by atoms with van der Waals surface area (Å²) in [6.07, 6.45) is 0.322. The standard InChI is InChI=1S/C17H28N2O3/c1-12(2)22-11-15-7-6-8-16(14(15)4)18-17(21)19(5)10-9-13(3)20/h6-8,12-13,20H,9-11H2,1-5H3,(H,18,21). The molecule has 5 heteroatoms. The second-order valence-electron chi connectivity index (χ2n) is 5.94. The summed E-state index contributed by atoms with van der Waals surface area (Å²) in [5.74, 6) is 0. The highest BCUT2D eigenvalue weighted by Gasteiger charge is 2.12. The first kappa shape index (κ1) is 18.5. The topological polar surface area (TPSA) is 61.8 Å². The fraction of sp³-hybridized carbons (Fsp3) is 0.588. The first-order valence-corrected chi connectivity index (χ1v) is 7.71. The molecule has 1 aromatic rings. The Morgan fingerprint density at radius 2 is 2.05 bits per heavy atom. The van der Waals surface area contributed by atoms with Crippen molar-refractivity contribution in [2.75, 3.05) is 18.9 Å². The number of urea groups is 1. The van der Waals surface area contributed by atoms with E-state index in [-0.39, 0.29) is 12.1 Å². The number of hydrogen-bond acceptors (Lipinski definition) is 3. The van der Waals surface area contributed by atoms with E-state index in [4.69, 9.17) is 4.74 Å². The van der Waals surface area contributed by atoms with Gasteiger partial charge >= 0.3 is 6.03 Å². The van der Waals surface area contributed by atoms with Gasteiger partial charge in [-0.1, -0.05) is 12.1 Å². The normalized spacial score (nSPS) is 12.3. The van der Waals surface area contributed by atoms with Crippen LogP contribution in [0.1, 0.15) is 38.3 Å². The quantitative estimate of drug-likeness (QED) is 0.813. The van der Waals surface area contributed by atoms with Crippen LogP contribution in [0.5, 0.6) is 0 Å². The van der Waals surface area contributed by atoms with Crippen molar-refractivity contribution in [1.82, 2.24) is 4.90 Å². The van der Waals surface area contributed by atoms with Gasteiger partial charge in [0.15, 0.2) is 0 Å². The van der Waals surface area contributed by atoms with Crippen molar-refractivity contribution in [3.63, 3.8) is 0 Å². The van der Waals surface area contributed by atoms with Crippen LogP contribution in [0.15, 0.2) is 18.2 Å². The Hall–Kier alpha value is -1.59. The van der Waals surface area contributed by atoms with E-state index in [2.05, 4.69) is 5.32 Å². The van der Waals surface area contributed by atoms with Gasteiger partial charge in [0.2, 0.25) is 0 Å². The molecule has 5 nitrogen and oxygen atoms in total. The second-order valence-corrected chi connectivity index (χ2v) is 5.94. The number of anilines is 1. The minimum atomic E-state index is -0.409. The smallest absolute Gasteiger partial charge is 0.321 e. The summed E-state index contributed by atoms with van der Waals surface area (Å²) in [7, 11) is 1.72. The molecule has 0 saturated carbocycles. The molecule has 2 N–H and O–H groups in total. The third-order valence-corrected chi connectivity index (χ3v) is 3.49. The van der Waals surface area contributed by atoms with Crippen LogP contribution < -0.4 is 5.32 Å². The number of ether oxygens (including phenoxy) is 1. The summed E-state index contributed by atoms with van der Waals surface area (Å²) in [5, 5.41) is 12.2. The summed E-state index contributed by atoms with van der Waals surface area (Å²) in [6, 6.07) is 5.63. The average molecular weight is 308 g/mol. The van der Waals surface area contributed by atoms with E-state index in [1.165, 1.54) is 0 Å². The predicted molar refractivity (Wildman–Crippen MR) is 89.1 cm³/mol. The van der Waals surface area contributed by atoms with E-state index in [1.54, 1.807) is 18.9 Å². The average Bonchev–Trinajstić information content (AvgIpc) is 2.45. The molecule has 0 radical (unpaired) electrons. The number of amides is 2. The highest BCUT2D eigenvalue weighted by atomic mass is 16.5. The van der Waals surface area contributed by atoms with E-state index in [9.17, 15) is 9.90 Å². The minimum Gasteiger partial charge on any atom is -0.393 e. The zero-order valence-corrected chi connectivity index (χ0v) is 14.2. The molecule has 1 unspecified atom stereocenters. The number of benzene rings is 1. The number of aliphatic hydroxyl groups is 1. The molecule has 0 saturated heterocycles. The molecule has 0 bridgehead atoms. The Morgan fingerprint density at radius 1 is 1.36 bits per heavy atom. The molecule has 1 rings (SSSR count). The van der Waals surface area contributed by atoms with Crippen molar-refractivity contribution >= 4 is 11.7 Å². The van der Waals surface area contributed by atoms with Gasteiger partial charge in [-0.3, -0.25) is 0 Å². The van der Waals surface area contributed by atoms with Crippen LogP contribution in [0, 0.1) is 6.92 Å². The Morgan fingerprint density at radius 3 is 2.64 bits per heavy atom. The van der Waals surface area contributed by atoms with Gasteiger partial charge in [-0.15, -0.1) is 0 Å². The minimum absolute atomic E-state index is 0.171. The van der Waals surface area contributed by atoms with Crippen molar-refractivity contribution in [2.45, 2.75) is 52.9 Å². The van der Waals surface area contributed by atoms with Crippen LogP contribution in [0.4, 0.5) is 10.5 Å². The van der Waals surface area contributed by atoms with E-state index in [0.29, 0.717) is 19.6 Å². The molecule has 0 spiro atoms. The van der Waals surface area contributed by atoms with Crippen LogP contribution in [-0.2, 0) is 11.3 Å². The van der Waals surface area contributed by atoms with Gasteiger partial charge in [0.1, 0.15) is 0 Å². The van der Waals surface area contributed by atoms with Crippen LogP contribution in [0.2, 0.25) is 0 Å². The maximum atomic E-state index is 12.2. The molecule has 0 heterocycles. The fourth-order valence-corrected chi connectivity index (χ4v) is 1.92. The molecular formula is C17H28N2O3. The van der Waals surface area contributed by atoms with Crippen LogP contribution in [-0.4, -0.2) is 41.8 Å². The lowest BCUT2D eigenvalue weighted by Gasteiger charge is -2.20. The maximum Gasteiger partial charge on any atom is 0.321 e. The van der Waals surface area contributed by atoms with Gasteiger partial charge in [0, 0.05) is 19.3 Å². The summed E-state index contributed by atoms with van der Waals surface area (Å²) in [5.41, 5.74) is 2.87. The van der Waals surface area contributed by atoms with Crippen molar-refractivity contribution < 1.29 is 14.6 Å². The largest absolute Gasteiger partial charge is 0.393 e. The molecule has 0 aliphatic heterocycles. The van der Waals surface area contributed by atoms with E-state index < -0.39 is 6.10 Å². The molecule has 0 fully saturated rings.